The van der Waals surface area contributed by atoms with Crippen molar-refractivity contribution in [2.75, 3.05) is 20.3 Å². The average Bonchev–Trinajstić information content (AvgIpc) is 0.788. The van der Waals surface area contributed by atoms with E-state index in [0.717, 1.165) is 180 Å². The maximum atomic E-state index is 14.8. The van der Waals surface area contributed by atoms with Crippen molar-refractivity contribution < 1.29 is 76.9 Å². The van der Waals surface area contributed by atoms with Crippen LogP contribution in [-0.4, -0.2) is 127 Å². The van der Waals surface area contributed by atoms with Crippen molar-refractivity contribution in [1.29, 1.82) is 0 Å². The fourth-order valence-electron chi connectivity index (χ4n) is 13.5. The zero-order chi connectivity index (χ0) is 73.3. The normalized spacial score (nSPS) is 17.3. The van der Waals surface area contributed by atoms with Crippen LogP contribution >= 0.6 is 0 Å². The van der Waals surface area contributed by atoms with Gasteiger partial charge in [0.2, 0.25) is 11.8 Å². The summed E-state index contributed by atoms with van der Waals surface area (Å²) in [6, 6.07) is -3.09. The third-order valence-electron chi connectivity index (χ3n) is 19.7. The zero-order valence-corrected chi connectivity index (χ0v) is 65.0. The molecular weight excluding hydrogens is 1270 g/mol. The lowest BCUT2D eigenvalue weighted by Crippen LogP contribution is -2.66. The Morgan fingerprint density at radius 2 is 0.680 bits per heavy atom. The Labute approximate surface area is 609 Å². The number of carboxylic acid groups (broad SMARTS) is 1. The molecule has 1 fully saturated rings. The van der Waals surface area contributed by atoms with Crippen molar-refractivity contribution in [3.63, 3.8) is 0 Å². The first-order valence-corrected chi connectivity index (χ1v) is 41.7. The van der Waals surface area contributed by atoms with Gasteiger partial charge in [0.15, 0.2) is 18.4 Å². The first-order chi connectivity index (χ1) is 48.7. The molecule has 1 rings (SSSR count). The van der Waals surface area contributed by atoms with E-state index in [1.165, 1.54) is 103 Å². The van der Waals surface area contributed by atoms with Gasteiger partial charge in [0.05, 0.1) is 32.5 Å². The zero-order valence-electron chi connectivity index (χ0n) is 65.0. The van der Waals surface area contributed by atoms with E-state index < -0.39 is 104 Å². The molecule has 2 unspecified atom stereocenters. The van der Waals surface area contributed by atoms with E-state index in [4.69, 9.17) is 33.2 Å². The molecule has 0 bridgehead atoms. The van der Waals surface area contributed by atoms with Gasteiger partial charge in [-0.25, -0.2) is 4.79 Å². The summed E-state index contributed by atoms with van der Waals surface area (Å²) in [5.74, 6) is -4.66. The molecule has 0 aliphatic carbocycles. The van der Waals surface area contributed by atoms with Crippen LogP contribution in [0.4, 0.5) is 0 Å². The molecule has 0 radical (unpaired) electrons. The summed E-state index contributed by atoms with van der Waals surface area (Å²) in [4.78, 5) is 97.0. The Morgan fingerprint density at radius 1 is 0.380 bits per heavy atom. The van der Waals surface area contributed by atoms with Gasteiger partial charge in [-0.1, -0.05) is 311 Å². The van der Waals surface area contributed by atoms with Crippen LogP contribution in [-0.2, 0) is 66.7 Å². The summed E-state index contributed by atoms with van der Waals surface area (Å²) < 4.78 is 43.2. The predicted molar refractivity (Wildman–Crippen MR) is 401 cm³/mol. The number of nitrogens with one attached hydrogen (secondary N) is 2. The van der Waals surface area contributed by atoms with Crippen molar-refractivity contribution in [3.8, 4) is 0 Å². The minimum atomic E-state index is -1.67. The molecule has 1 aliphatic heterocycles. The Hall–Kier alpha value is -3.87. The second-order valence-corrected chi connectivity index (χ2v) is 29.2. The summed E-state index contributed by atoms with van der Waals surface area (Å²) >= 11 is 0. The molecule has 18 nitrogen and oxygen atoms in total. The fraction of sp³-hybridized carbons (Fsp3) is 0.915. The van der Waals surface area contributed by atoms with Gasteiger partial charge in [-0.2, -0.15) is 0 Å². The van der Waals surface area contributed by atoms with Gasteiger partial charge < -0.3 is 54.0 Å². The van der Waals surface area contributed by atoms with Crippen molar-refractivity contribution in [1.82, 2.24) is 10.6 Å². The summed E-state index contributed by atoms with van der Waals surface area (Å²) in [6.07, 6.45) is 43.9. The van der Waals surface area contributed by atoms with E-state index in [9.17, 15) is 43.8 Å². The smallest absolute Gasteiger partial charge is 0.328 e. The number of carboxylic acids is 1. The van der Waals surface area contributed by atoms with Crippen LogP contribution in [0.1, 0.15) is 408 Å². The lowest BCUT2D eigenvalue weighted by Gasteiger charge is -2.45. The molecule has 1 aliphatic rings. The molecule has 4 N–H and O–H groups in total. The largest absolute Gasteiger partial charge is 0.480 e. The molecule has 0 aromatic carbocycles. The Balaban J connectivity index is 3.71. The molecule has 0 aromatic rings. The van der Waals surface area contributed by atoms with Gasteiger partial charge >= 0.3 is 29.8 Å². The van der Waals surface area contributed by atoms with Crippen LogP contribution < -0.4 is 10.6 Å². The SMILES string of the molecule is CCCCCCCCCCC[C@H](CC(=O)NC1[C@H](OC[C@H](NC(=O)C[C@@H](CCCCCCCCCCC)OC(=O)CCCCCCCCC)C(=O)O)OC(CO)[C@@H](OC)[C@@H]1OC(=O)C[C@@H](CCCCCCCCCCC)OC(=O)CCCCCCCCC)OC(=O)CCCCCCCCC. The maximum absolute atomic E-state index is 14.8. The second-order valence-electron chi connectivity index (χ2n) is 29.2. The first kappa shape index (κ1) is 94.1. The lowest BCUT2D eigenvalue weighted by molar-refractivity contribution is -0.278. The Kier molecular flexibility index (Phi) is 63.1. The molecule has 9 atom stereocenters. The highest BCUT2D eigenvalue weighted by molar-refractivity contribution is 5.84. The number of aliphatic hydroxyl groups excluding tert-OH is 1. The van der Waals surface area contributed by atoms with Crippen LogP contribution in [0.5, 0.6) is 0 Å². The van der Waals surface area contributed by atoms with Gasteiger partial charge in [0.1, 0.15) is 36.6 Å². The second kappa shape index (κ2) is 67.0. The van der Waals surface area contributed by atoms with E-state index in [1.807, 2.05) is 0 Å². The molecule has 18 heteroatoms. The number of carbonyl (C=O) groups is 7. The maximum Gasteiger partial charge on any atom is 0.328 e. The van der Waals surface area contributed by atoms with Gasteiger partial charge in [0.25, 0.3) is 0 Å². The molecule has 0 spiro atoms. The quantitative estimate of drug-likeness (QED) is 0.0251. The minimum absolute atomic E-state index is 0.215. The molecule has 1 heterocycles. The Bertz CT molecular complexity index is 1990. The van der Waals surface area contributed by atoms with E-state index in [2.05, 4.69) is 52.2 Å². The standard InChI is InChI=1S/C82H152N2O16/c1-8-14-20-26-32-35-41-44-50-56-67(96-74(88)59-53-47-38-29-23-17-11-4)62-72(86)83-70(81(92)93)66-95-82-78(84-73(87)63-68(57-51-45-42-36-33-27-21-15-9-2)97-75(89)60-54-48-39-30-24-18-12-5)80(79(94-7)71(65-85)99-82)100-77(91)64-69(58-52-46-43-37-34-28-22-16-10-3)98-76(90)61-55-49-40-31-25-19-13-6/h67-71,78-80,82,85H,8-66H2,1-7H3,(H,83,86)(H,84,87)(H,92,93)/t67-,68-,69-,70+,71?,78?,79-,80-,82-/m1/s1. The molecule has 0 saturated carbocycles. The number of ether oxygens (including phenoxy) is 7. The minimum Gasteiger partial charge on any atom is -0.480 e. The molecule has 0 aromatic heterocycles. The van der Waals surface area contributed by atoms with Gasteiger partial charge in [-0.15, -0.1) is 0 Å². The fourth-order valence-corrected chi connectivity index (χ4v) is 13.5. The first-order valence-electron chi connectivity index (χ1n) is 41.7. The monoisotopic (exact) mass is 1420 g/mol. The number of hydrogen-bond acceptors (Lipinski definition) is 15. The highest BCUT2D eigenvalue weighted by Crippen LogP contribution is 2.30. The van der Waals surface area contributed by atoms with Crippen molar-refractivity contribution in [2.45, 2.75) is 463 Å². The topological polar surface area (TPSA) is 249 Å². The van der Waals surface area contributed by atoms with E-state index in [1.54, 1.807) is 0 Å². The van der Waals surface area contributed by atoms with Crippen LogP contribution in [0.3, 0.4) is 0 Å². The highest BCUT2D eigenvalue weighted by atomic mass is 16.7. The van der Waals surface area contributed by atoms with E-state index in [0.29, 0.717) is 51.4 Å². The number of methoxy groups -OCH3 is 1. The molecular formula is C82H152N2O16. The molecule has 586 valence electrons. The van der Waals surface area contributed by atoms with Gasteiger partial charge in [0, 0.05) is 26.4 Å². The van der Waals surface area contributed by atoms with Gasteiger partial charge in [-0.05, 0) is 57.8 Å². The van der Waals surface area contributed by atoms with Crippen LogP contribution in [0.2, 0.25) is 0 Å². The number of amides is 2. The number of carbonyl (C=O) groups excluding carboxylic acids is 6. The summed E-state index contributed by atoms with van der Waals surface area (Å²) in [5, 5.41) is 27.2. The van der Waals surface area contributed by atoms with Crippen LogP contribution in [0.15, 0.2) is 0 Å². The number of aliphatic hydroxyl groups is 1. The summed E-state index contributed by atoms with van der Waals surface area (Å²) in [5.41, 5.74) is 0. The highest BCUT2D eigenvalue weighted by Gasteiger charge is 2.50. The average molecular weight is 1420 g/mol. The third-order valence-corrected chi connectivity index (χ3v) is 19.7. The Morgan fingerprint density at radius 3 is 0.990 bits per heavy atom. The van der Waals surface area contributed by atoms with Gasteiger partial charge in [-0.3, -0.25) is 28.8 Å². The number of aliphatic carboxylic acids is 1. The number of unbranched alkanes of at least 4 members (excludes halogenated alkanes) is 42. The van der Waals surface area contributed by atoms with Crippen LogP contribution in [0.25, 0.3) is 0 Å². The van der Waals surface area contributed by atoms with Crippen molar-refractivity contribution in [2.24, 2.45) is 0 Å². The van der Waals surface area contributed by atoms with Crippen molar-refractivity contribution in [3.05, 3.63) is 0 Å². The van der Waals surface area contributed by atoms with Crippen LogP contribution in [0, 0.1) is 0 Å². The summed E-state index contributed by atoms with van der Waals surface area (Å²) in [6.45, 7) is 11.8. The summed E-state index contributed by atoms with van der Waals surface area (Å²) in [7, 11) is 1.35. The lowest BCUT2D eigenvalue weighted by atomic mass is 9.95. The predicted octanol–water partition coefficient (Wildman–Crippen LogP) is 19.8. The van der Waals surface area contributed by atoms with E-state index in [-0.39, 0.29) is 44.5 Å². The number of hydrogen-bond donors (Lipinski definition) is 4. The number of esters is 4. The van der Waals surface area contributed by atoms with Crippen molar-refractivity contribution >= 4 is 41.7 Å². The molecule has 2 amide bonds. The van der Waals surface area contributed by atoms with E-state index >= 15 is 0 Å². The molecule has 100 heavy (non-hydrogen) atoms. The molecule has 1 saturated heterocycles. The number of rotatable bonds is 72. The third kappa shape index (κ3) is 52.1.